The van der Waals surface area contributed by atoms with E-state index in [4.69, 9.17) is 5.73 Å². The topological polar surface area (TPSA) is 75.4 Å². The minimum atomic E-state index is -3.45. The second kappa shape index (κ2) is 5.69. The van der Waals surface area contributed by atoms with Crippen LogP contribution in [0.4, 0.5) is 5.69 Å². The van der Waals surface area contributed by atoms with Crippen molar-refractivity contribution in [2.45, 2.75) is 12.8 Å². The number of nitrogens with zero attached hydrogens (tertiary/aromatic N) is 1. The number of para-hydroxylation sites is 1. The second-order valence-corrected chi connectivity index (χ2v) is 6.25. The van der Waals surface area contributed by atoms with Crippen molar-refractivity contribution in [2.24, 2.45) is 11.7 Å². The number of rotatable bonds is 4. The summed E-state index contributed by atoms with van der Waals surface area (Å²) in [5.41, 5.74) is 6.21. The predicted molar refractivity (Wildman–Crippen MR) is 72.3 cm³/mol. The van der Waals surface area contributed by atoms with E-state index < -0.39 is 10.2 Å². The summed E-state index contributed by atoms with van der Waals surface area (Å²) in [5.74, 6) is 0.270. The van der Waals surface area contributed by atoms with Crippen LogP contribution < -0.4 is 10.5 Å². The van der Waals surface area contributed by atoms with Crippen molar-refractivity contribution in [3.05, 3.63) is 30.3 Å². The van der Waals surface area contributed by atoms with E-state index in [0.29, 0.717) is 25.3 Å². The van der Waals surface area contributed by atoms with E-state index in [1.807, 2.05) is 6.07 Å². The minimum Gasteiger partial charge on any atom is -0.330 e. The lowest BCUT2D eigenvalue weighted by Crippen LogP contribution is -2.44. The van der Waals surface area contributed by atoms with Crippen molar-refractivity contribution in [1.82, 2.24) is 4.31 Å². The molecule has 0 radical (unpaired) electrons. The first-order valence-corrected chi connectivity index (χ1v) is 7.59. The van der Waals surface area contributed by atoms with Gasteiger partial charge in [0.2, 0.25) is 0 Å². The Balaban J connectivity index is 2.06. The van der Waals surface area contributed by atoms with Crippen LogP contribution >= 0.6 is 0 Å². The molecule has 1 heterocycles. The number of nitrogens with one attached hydrogen (secondary N) is 1. The van der Waals surface area contributed by atoms with E-state index in [1.54, 1.807) is 24.3 Å². The van der Waals surface area contributed by atoms with Crippen molar-refractivity contribution >= 4 is 15.9 Å². The highest BCUT2D eigenvalue weighted by Gasteiger charge is 2.28. The lowest BCUT2D eigenvalue weighted by atomic mass is 10.0. The van der Waals surface area contributed by atoms with Crippen LogP contribution in [0.2, 0.25) is 0 Å². The molecule has 3 N–H and O–H groups in total. The molecule has 0 amide bonds. The van der Waals surface area contributed by atoms with Gasteiger partial charge in [0, 0.05) is 18.8 Å². The molecule has 1 unspecified atom stereocenters. The number of piperidine rings is 1. The van der Waals surface area contributed by atoms with Crippen LogP contribution in [0.25, 0.3) is 0 Å². The third kappa shape index (κ3) is 3.22. The van der Waals surface area contributed by atoms with Crippen LogP contribution in [-0.4, -0.2) is 32.4 Å². The molecule has 1 atom stereocenters. The van der Waals surface area contributed by atoms with Crippen molar-refractivity contribution in [2.75, 3.05) is 24.4 Å². The number of hydrogen-bond donors (Lipinski definition) is 2. The molecule has 2 rings (SSSR count). The molecule has 1 fully saturated rings. The Morgan fingerprint density at radius 3 is 2.72 bits per heavy atom. The maximum absolute atomic E-state index is 12.2. The Kier molecular flexibility index (Phi) is 4.21. The third-order valence-corrected chi connectivity index (χ3v) is 4.68. The monoisotopic (exact) mass is 269 g/mol. The fraction of sp³-hybridized carbons (Fsp3) is 0.500. The highest BCUT2D eigenvalue weighted by Crippen LogP contribution is 2.19. The summed E-state index contributed by atoms with van der Waals surface area (Å²) < 4.78 is 28.5. The van der Waals surface area contributed by atoms with Gasteiger partial charge < -0.3 is 5.73 Å². The zero-order chi connectivity index (χ0) is 13.0. The van der Waals surface area contributed by atoms with Crippen LogP contribution in [0.15, 0.2) is 30.3 Å². The molecule has 100 valence electrons. The normalized spacial score (nSPS) is 21.7. The minimum absolute atomic E-state index is 0.270. The zero-order valence-electron chi connectivity index (χ0n) is 10.2. The van der Waals surface area contributed by atoms with Crippen molar-refractivity contribution in [1.29, 1.82) is 0 Å². The van der Waals surface area contributed by atoms with Gasteiger partial charge in [0.25, 0.3) is 0 Å². The smallest absolute Gasteiger partial charge is 0.301 e. The van der Waals surface area contributed by atoms with Crippen molar-refractivity contribution in [3.63, 3.8) is 0 Å². The van der Waals surface area contributed by atoms with Gasteiger partial charge in [-0.05, 0) is 37.4 Å². The van der Waals surface area contributed by atoms with Crippen molar-refractivity contribution in [3.8, 4) is 0 Å². The maximum Gasteiger partial charge on any atom is 0.301 e. The predicted octanol–water partition coefficient (Wildman–Crippen LogP) is 1.01. The van der Waals surface area contributed by atoms with Crippen LogP contribution in [0.1, 0.15) is 12.8 Å². The molecular formula is C12H19N3O2S. The highest BCUT2D eigenvalue weighted by molar-refractivity contribution is 7.90. The Hall–Kier alpha value is -1.11. The van der Waals surface area contributed by atoms with E-state index in [2.05, 4.69) is 4.72 Å². The van der Waals surface area contributed by atoms with E-state index in [9.17, 15) is 8.42 Å². The summed E-state index contributed by atoms with van der Waals surface area (Å²) in [4.78, 5) is 0. The van der Waals surface area contributed by atoms with Gasteiger partial charge >= 0.3 is 10.2 Å². The Morgan fingerprint density at radius 1 is 1.33 bits per heavy atom. The van der Waals surface area contributed by atoms with Crippen LogP contribution in [0.5, 0.6) is 0 Å². The zero-order valence-corrected chi connectivity index (χ0v) is 11.1. The van der Waals surface area contributed by atoms with Gasteiger partial charge in [0.15, 0.2) is 0 Å². The lowest BCUT2D eigenvalue weighted by molar-refractivity contribution is 0.273. The summed E-state index contributed by atoms with van der Waals surface area (Å²) in [6, 6.07) is 8.93. The van der Waals surface area contributed by atoms with E-state index >= 15 is 0 Å². The van der Waals surface area contributed by atoms with E-state index in [1.165, 1.54) is 4.31 Å². The van der Waals surface area contributed by atoms with Gasteiger partial charge in [0.05, 0.1) is 0 Å². The van der Waals surface area contributed by atoms with Crippen LogP contribution in [0.3, 0.4) is 0 Å². The van der Waals surface area contributed by atoms with Crippen LogP contribution in [0, 0.1) is 5.92 Å². The average Bonchev–Trinajstić information content (AvgIpc) is 2.39. The molecule has 18 heavy (non-hydrogen) atoms. The van der Waals surface area contributed by atoms with Crippen LogP contribution in [-0.2, 0) is 10.2 Å². The maximum atomic E-state index is 12.2. The Bertz CT molecular complexity index is 475. The second-order valence-electron chi connectivity index (χ2n) is 4.58. The van der Waals surface area contributed by atoms with E-state index in [0.717, 1.165) is 12.8 Å². The summed E-state index contributed by atoms with van der Waals surface area (Å²) >= 11 is 0. The molecule has 0 bridgehead atoms. The van der Waals surface area contributed by atoms with E-state index in [-0.39, 0.29) is 5.92 Å². The molecule has 1 aliphatic heterocycles. The molecule has 1 aliphatic rings. The summed E-state index contributed by atoms with van der Waals surface area (Å²) in [6.07, 6.45) is 1.88. The number of benzene rings is 1. The Labute approximate surface area is 108 Å². The summed E-state index contributed by atoms with van der Waals surface area (Å²) in [6.45, 7) is 1.62. The molecule has 1 aromatic carbocycles. The van der Waals surface area contributed by atoms with Crippen molar-refractivity contribution < 1.29 is 8.42 Å². The first-order valence-electron chi connectivity index (χ1n) is 6.15. The average molecular weight is 269 g/mol. The largest absolute Gasteiger partial charge is 0.330 e. The van der Waals surface area contributed by atoms with Gasteiger partial charge in [-0.15, -0.1) is 0 Å². The Morgan fingerprint density at radius 2 is 2.06 bits per heavy atom. The molecule has 1 saturated heterocycles. The molecule has 0 aliphatic carbocycles. The molecule has 5 nitrogen and oxygen atoms in total. The highest BCUT2D eigenvalue weighted by atomic mass is 32.2. The number of nitrogens with two attached hydrogens (primary N) is 1. The molecule has 6 heteroatoms. The van der Waals surface area contributed by atoms with Gasteiger partial charge in [0.1, 0.15) is 0 Å². The molecular weight excluding hydrogens is 250 g/mol. The first kappa shape index (κ1) is 13.3. The third-order valence-electron chi connectivity index (χ3n) is 3.18. The first-order chi connectivity index (χ1) is 8.62. The standard InChI is InChI=1S/C12H19N3O2S/c13-9-11-5-4-8-15(10-11)18(16,17)14-12-6-2-1-3-7-12/h1-3,6-7,11,14H,4-5,8-10,13H2. The fourth-order valence-electron chi connectivity index (χ4n) is 2.16. The fourth-order valence-corrected chi connectivity index (χ4v) is 3.50. The van der Waals surface area contributed by atoms with Gasteiger partial charge in [-0.25, -0.2) is 0 Å². The van der Waals surface area contributed by atoms with Gasteiger partial charge in [-0.3, -0.25) is 4.72 Å². The number of hydrogen-bond acceptors (Lipinski definition) is 3. The quantitative estimate of drug-likeness (QED) is 0.856. The summed E-state index contributed by atoms with van der Waals surface area (Å²) in [7, 11) is -3.45. The molecule has 0 spiro atoms. The molecule has 0 saturated carbocycles. The number of anilines is 1. The van der Waals surface area contributed by atoms with Gasteiger partial charge in [-0.2, -0.15) is 12.7 Å². The summed E-state index contributed by atoms with van der Waals surface area (Å²) in [5, 5.41) is 0. The SMILES string of the molecule is NCC1CCCN(S(=O)(=O)Nc2ccccc2)C1. The van der Waals surface area contributed by atoms with Gasteiger partial charge in [-0.1, -0.05) is 18.2 Å². The lowest BCUT2D eigenvalue weighted by Gasteiger charge is -2.31. The molecule has 0 aromatic heterocycles. The molecule has 1 aromatic rings.